The van der Waals surface area contributed by atoms with Crippen LogP contribution in [0.5, 0.6) is 5.75 Å². The summed E-state index contributed by atoms with van der Waals surface area (Å²) in [5.41, 5.74) is 3.44. The van der Waals surface area contributed by atoms with E-state index in [1.54, 1.807) is 12.1 Å². The lowest BCUT2D eigenvalue weighted by Gasteiger charge is -2.29. The largest absolute Gasteiger partial charge is 0.482 e. The molecule has 0 aromatic heterocycles. The molecule has 2 aromatic carbocycles. The quantitative estimate of drug-likeness (QED) is 0.793. The van der Waals surface area contributed by atoms with Crippen molar-refractivity contribution in [2.45, 2.75) is 0 Å². The molecule has 0 atom stereocenters. The van der Waals surface area contributed by atoms with Gasteiger partial charge in [0.25, 0.3) is 0 Å². The zero-order valence-corrected chi connectivity index (χ0v) is 14.0. The third-order valence-electron chi connectivity index (χ3n) is 4.09. The molecule has 5 heteroatoms. The fourth-order valence-electron chi connectivity index (χ4n) is 2.73. The fourth-order valence-corrected chi connectivity index (χ4v) is 2.73. The summed E-state index contributed by atoms with van der Waals surface area (Å²) >= 11 is 0. The standard InChI is InChI=1S/C20H22N2O3/c23-20(24)15-25-19-9-5-17(6-10-19)2-1-16-3-7-18(8-4-16)22-13-11-21-12-14-22/h1-10,21H,11-15H2,(H,23,24)/b2-1+. The van der Waals surface area contributed by atoms with Crippen molar-refractivity contribution in [1.82, 2.24) is 5.32 Å². The molecule has 5 nitrogen and oxygen atoms in total. The van der Waals surface area contributed by atoms with Crippen molar-refractivity contribution < 1.29 is 14.6 Å². The molecule has 0 amide bonds. The van der Waals surface area contributed by atoms with Crippen molar-refractivity contribution >= 4 is 23.8 Å². The zero-order valence-electron chi connectivity index (χ0n) is 14.0. The maximum absolute atomic E-state index is 10.5. The van der Waals surface area contributed by atoms with E-state index in [4.69, 9.17) is 9.84 Å². The number of hydrogen-bond acceptors (Lipinski definition) is 4. The molecule has 0 unspecified atom stereocenters. The summed E-state index contributed by atoms with van der Waals surface area (Å²) in [5.74, 6) is -0.423. The van der Waals surface area contributed by atoms with Gasteiger partial charge in [0.2, 0.25) is 0 Å². The second kappa shape index (κ2) is 8.35. The van der Waals surface area contributed by atoms with Crippen LogP contribution in [0.3, 0.4) is 0 Å². The van der Waals surface area contributed by atoms with E-state index in [0.717, 1.165) is 37.3 Å². The lowest BCUT2D eigenvalue weighted by Crippen LogP contribution is -2.43. The molecule has 1 aliphatic rings. The number of rotatable bonds is 6. The maximum atomic E-state index is 10.5. The van der Waals surface area contributed by atoms with E-state index in [2.05, 4.69) is 40.6 Å². The molecule has 1 fully saturated rings. The van der Waals surface area contributed by atoms with Crippen LogP contribution in [-0.4, -0.2) is 43.9 Å². The van der Waals surface area contributed by atoms with Gasteiger partial charge in [0.15, 0.2) is 6.61 Å². The average Bonchev–Trinajstić information content (AvgIpc) is 2.66. The molecule has 1 heterocycles. The number of ether oxygens (including phenoxy) is 1. The minimum absolute atomic E-state index is 0.325. The Hall–Kier alpha value is -2.79. The number of nitrogens with zero attached hydrogens (tertiary/aromatic N) is 1. The maximum Gasteiger partial charge on any atom is 0.341 e. The number of carbonyl (C=O) groups is 1. The minimum atomic E-state index is -0.978. The molecule has 0 saturated carbocycles. The van der Waals surface area contributed by atoms with Gasteiger partial charge in [-0.3, -0.25) is 0 Å². The van der Waals surface area contributed by atoms with Crippen LogP contribution in [-0.2, 0) is 4.79 Å². The van der Waals surface area contributed by atoms with Crippen molar-refractivity contribution in [2.75, 3.05) is 37.7 Å². The van der Waals surface area contributed by atoms with E-state index in [1.165, 1.54) is 5.69 Å². The molecule has 1 saturated heterocycles. The first kappa shape index (κ1) is 17.0. The molecule has 0 bridgehead atoms. The summed E-state index contributed by atoms with van der Waals surface area (Å²) in [7, 11) is 0. The first-order valence-electron chi connectivity index (χ1n) is 8.39. The molecular formula is C20H22N2O3. The molecule has 3 rings (SSSR count). The van der Waals surface area contributed by atoms with E-state index in [1.807, 2.05) is 18.2 Å². The lowest BCUT2D eigenvalue weighted by atomic mass is 10.1. The number of carboxylic acids is 1. The molecule has 0 radical (unpaired) electrons. The van der Waals surface area contributed by atoms with E-state index in [-0.39, 0.29) is 6.61 Å². The molecule has 0 spiro atoms. The Morgan fingerprint density at radius 3 is 2.12 bits per heavy atom. The van der Waals surface area contributed by atoms with Crippen LogP contribution in [0.2, 0.25) is 0 Å². The van der Waals surface area contributed by atoms with Crippen molar-refractivity contribution in [3.05, 3.63) is 59.7 Å². The molecule has 2 N–H and O–H groups in total. The van der Waals surface area contributed by atoms with Crippen LogP contribution in [0.1, 0.15) is 11.1 Å². The van der Waals surface area contributed by atoms with Gasteiger partial charge in [-0.1, -0.05) is 36.4 Å². The SMILES string of the molecule is O=C(O)COc1ccc(/C=C/c2ccc(N3CCNCC3)cc2)cc1. The topological polar surface area (TPSA) is 61.8 Å². The minimum Gasteiger partial charge on any atom is -0.482 e. The number of nitrogens with one attached hydrogen (secondary N) is 1. The van der Waals surface area contributed by atoms with Gasteiger partial charge in [-0.2, -0.15) is 0 Å². The van der Waals surface area contributed by atoms with Crippen LogP contribution < -0.4 is 15.0 Å². The van der Waals surface area contributed by atoms with Crippen molar-refractivity contribution in [2.24, 2.45) is 0 Å². The summed E-state index contributed by atoms with van der Waals surface area (Å²) in [6.45, 7) is 3.84. The average molecular weight is 338 g/mol. The van der Waals surface area contributed by atoms with Gasteiger partial charge < -0.3 is 20.1 Å². The predicted octanol–water partition coefficient (Wildman–Crippen LogP) is 2.73. The number of benzene rings is 2. The molecule has 130 valence electrons. The van der Waals surface area contributed by atoms with Crippen molar-refractivity contribution in [1.29, 1.82) is 0 Å². The Labute approximate surface area is 147 Å². The van der Waals surface area contributed by atoms with E-state index < -0.39 is 5.97 Å². The van der Waals surface area contributed by atoms with Crippen LogP contribution in [0, 0.1) is 0 Å². The van der Waals surface area contributed by atoms with Gasteiger partial charge in [-0.05, 0) is 35.4 Å². The van der Waals surface area contributed by atoms with Gasteiger partial charge in [0.05, 0.1) is 0 Å². The van der Waals surface area contributed by atoms with Crippen molar-refractivity contribution in [3.8, 4) is 5.75 Å². The third kappa shape index (κ3) is 5.09. The number of aliphatic carboxylic acids is 1. The Balaban J connectivity index is 1.58. The highest BCUT2D eigenvalue weighted by Gasteiger charge is 2.09. The smallest absolute Gasteiger partial charge is 0.341 e. The van der Waals surface area contributed by atoms with Crippen LogP contribution in [0.4, 0.5) is 5.69 Å². The Morgan fingerprint density at radius 1 is 1.00 bits per heavy atom. The van der Waals surface area contributed by atoms with Crippen LogP contribution in [0.15, 0.2) is 48.5 Å². The number of carboxylic acid groups (broad SMARTS) is 1. The Kier molecular flexibility index (Phi) is 5.69. The fraction of sp³-hybridized carbons (Fsp3) is 0.250. The van der Waals surface area contributed by atoms with Gasteiger partial charge in [0, 0.05) is 31.9 Å². The molecular weight excluding hydrogens is 316 g/mol. The van der Waals surface area contributed by atoms with Gasteiger partial charge in [-0.15, -0.1) is 0 Å². The Bertz CT molecular complexity index is 718. The molecule has 25 heavy (non-hydrogen) atoms. The predicted molar refractivity (Wildman–Crippen MR) is 100 cm³/mol. The Morgan fingerprint density at radius 2 is 1.56 bits per heavy atom. The second-order valence-corrected chi connectivity index (χ2v) is 5.91. The summed E-state index contributed by atoms with van der Waals surface area (Å²) in [4.78, 5) is 12.9. The first-order chi connectivity index (χ1) is 12.2. The highest BCUT2D eigenvalue weighted by atomic mass is 16.5. The summed E-state index contributed by atoms with van der Waals surface area (Å²) in [6.07, 6.45) is 4.09. The van der Waals surface area contributed by atoms with Gasteiger partial charge >= 0.3 is 5.97 Å². The number of anilines is 1. The molecule has 2 aromatic rings. The first-order valence-corrected chi connectivity index (χ1v) is 8.39. The highest BCUT2D eigenvalue weighted by Crippen LogP contribution is 2.18. The van der Waals surface area contributed by atoms with E-state index in [9.17, 15) is 4.79 Å². The number of piperazine rings is 1. The summed E-state index contributed by atoms with van der Waals surface area (Å²) < 4.78 is 5.12. The molecule has 0 aliphatic carbocycles. The van der Waals surface area contributed by atoms with E-state index in [0.29, 0.717) is 5.75 Å². The zero-order chi connectivity index (χ0) is 17.5. The second-order valence-electron chi connectivity index (χ2n) is 5.91. The summed E-state index contributed by atoms with van der Waals surface area (Å²) in [5, 5.41) is 12.0. The van der Waals surface area contributed by atoms with Gasteiger partial charge in [-0.25, -0.2) is 4.79 Å². The molecule has 1 aliphatic heterocycles. The van der Waals surface area contributed by atoms with Crippen LogP contribution >= 0.6 is 0 Å². The van der Waals surface area contributed by atoms with E-state index >= 15 is 0 Å². The van der Waals surface area contributed by atoms with Gasteiger partial charge in [0.1, 0.15) is 5.75 Å². The monoisotopic (exact) mass is 338 g/mol. The van der Waals surface area contributed by atoms with Crippen molar-refractivity contribution in [3.63, 3.8) is 0 Å². The lowest BCUT2D eigenvalue weighted by molar-refractivity contribution is -0.139. The third-order valence-corrected chi connectivity index (χ3v) is 4.09. The summed E-state index contributed by atoms with van der Waals surface area (Å²) in [6, 6.07) is 15.9. The number of hydrogen-bond donors (Lipinski definition) is 2. The highest BCUT2D eigenvalue weighted by molar-refractivity contribution is 5.71. The van der Waals surface area contributed by atoms with Crippen LogP contribution in [0.25, 0.3) is 12.2 Å². The normalized spacial score (nSPS) is 14.6.